The number of benzene rings is 2. The zero-order valence-corrected chi connectivity index (χ0v) is 16.4. The lowest BCUT2D eigenvalue weighted by Crippen LogP contribution is -2.20. The maximum absolute atomic E-state index is 12.0. The van der Waals surface area contributed by atoms with Crippen LogP contribution in [0.3, 0.4) is 0 Å². The fourth-order valence-electron chi connectivity index (χ4n) is 1.95. The van der Waals surface area contributed by atoms with Gasteiger partial charge in [-0.25, -0.2) is 0 Å². The van der Waals surface area contributed by atoms with E-state index < -0.39 is 5.91 Å². The molecule has 0 radical (unpaired) electrons. The average Bonchev–Trinajstić information content (AvgIpc) is 2.53. The van der Waals surface area contributed by atoms with Gasteiger partial charge in [0.2, 0.25) is 0 Å². The lowest BCUT2D eigenvalue weighted by Gasteiger charge is -2.15. The molecule has 0 aromatic heterocycles. The van der Waals surface area contributed by atoms with E-state index in [-0.39, 0.29) is 22.4 Å². The third-order valence-electron chi connectivity index (χ3n) is 3.27. The van der Waals surface area contributed by atoms with Crippen molar-refractivity contribution in [3.63, 3.8) is 0 Å². The highest BCUT2D eigenvalue weighted by atomic mass is 35.5. The van der Waals surface area contributed by atoms with Gasteiger partial charge in [0.05, 0.1) is 20.8 Å². The van der Waals surface area contributed by atoms with Gasteiger partial charge in [-0.2, -0.15) is 0 Å². The molecule has 2 rings (SSSR count). The third-order valence-corrected chi connectivity index (χ3v) is 5.29. The number of rotatable bonds is 4. The normalized spacial score (nSPS) is 10.6. The van der Waals surface area contributed by atoms with Gasteiger partial charge in [-0.1, -0.05) is 58.0 Å². The largest absolute Gasteiger partial charge is 0.481 e. The van der Waals surface area contributed by atoms with E-state index in [0.717, 1.165) is 0 Å². The first kappa shape index (κ1) is 19.5. The number of hydrogen-bond donors (Lipinski definition) is 1. The Bertz CT molecular complexity index is 779. The molecule has 0 fully saturated rings. The smallest absolute Gasteiger partial charge is 0.262 e. The van der Waals surface area contributed by atoms with E-state index in [1.165, 1.54) is 6.07 Å². The molecule has 0 atom stereocenters. The molecule has 0 saturated carbocycles. The van der Waals surface area contributed by atoms with Gasteiger partial charge in [0, 0.05) is 10.0 Å². The first-order chi connectivity index (χ1) is 11.2. The number of amides is 1. The van der Waals surface area contributed by atoms with E-state index in [9.17, 15) is 4.79 Å². The summed E-state index contributed by atoms with van der Waals surface area (Å²) in [6.45, 7) is 3.20. The zero-order chi connectivity index (χ0) is 18.0. The SMILES string of the molecule is Cc1c(Cl)c(C)c(Cl)c(OCC(=O)Nc2ccc(Cl)cc2Cl)c1Cl. The Morgan fingerprint density at radius 3 is 2.12 bits per heavy atom. The van der Waals surface area contributed by atoms with Gasteiger partial charge in [-0.05, 0) is 43.2 Å². The molecule has 1 N–H and O–H groups in total. The van der Waals surface area contributed by atoms with Gasteiger partial charge in [-0.15, -0.1) is 0 Å². The monoisotopic (exact) mass is 425 g/mol. The van der Waals surface area contributed by atoms with Crippen LogP contribution >= 0.6 is 58.0 Å². The second-order valence-corrected chi connectivity index (χ2v) is 6.96. The Morgan fingerprint density at radius 1 is 1.00 bits per heavy atom. The molecule has 1 amide bonds. The number of halogens is 5. The summed E-state index contributed by atoms with van der Waals surface area (Å²) in [5.41, 5.74) is 1.70. The maximum atomic E-state index is 12.0. The summed E-state index contributed by atoms with van der Waals surface area (Å²) >= 11 is 30.3. The zero-order valence-electron chi connectivity index (χ0n) is 12.6. The second kappa shape index (κ2) is 8.03. The minimum absolute atomic E-state index is 0.218. The summed E-state index contributed by atoms with van der Waals surface area (Å²) in [6, 6.07) is 4.74. The minimum Gasteiger partial charge on any atom is -0.481 e. The van der Waals surface area contributed by atoms with Crippen LogP contribution in [0.15, 0.2) is 18.2 Å². The molecule has 0 saturated heterocycles. The lowest BCUT2D eigenvalue weighted by atomic mass is 10.1. The molecule has 0 aliphatic heterocycles. The van der Waals surface area contributed by atoms with E-state index in [1.54, 1.807) is 26.0 Å². The van der Waals surface area contributed by atoms with Crippen LogP contribution in [-0.2, 0) is 4.79 Å². The van der Waals surface area contributed by atoms with Gasteiger partial charge in [0.1, 0.15) is 0 Å². The van der Waals surface area contributed by atoms with Crippen molar-refractivity contribution in [2.45, 2.75) is 13.8 Å². The lowest BCUT2D eigenvalue weighted by molar-refractivity contribution is -0.118. The van der Waals surface area contributed by atoms with Crippen LogP contribution < -0.4 is 10.1 Å². The van der Waals surface area contributed by atoms with Crippen LogP contribution in [0.25, 0.3) is 0 Å². The summed E-state index contributed by atoms with van der Waals surface area (Å²) in [6.07, 6.45) is 0. The summed E-state index contributed by atoms with van der Waals surface area (Å²) in [7, 11) is 0. The molecule has 3 nitrogen and oxygen atoms in total. The van der Waals surface area contributed by atoms with Gasteiger partial charge in [0.25, 0.3) is 5.91 Å². The van der Waals surface area contributed by atoms with Crippen molar-refractivity contribution in [1.82, 2.24) is 0 Å². The predicted molar refractivity (Wildman–Crippen MR) is 102 cm³/mol. The van der Waals surface area contributed by atoms with Crippen molar-refractivity contribution in [3.05, 3.63) is 54.4 Å². The molecule has 0 aliphatic rings. The standard InChI is InChI=1S/C16H12Cl5NO2/c1-7-13(19)8(2)15(21)16(14(7)20)24-6-12(23)22-11-4-3-9(17)5-10(11)18/h3-5H,6H2,1-2H3,(H,22,23). The Balaban J connectivity index is 2.12. The fraction of sp³-hybridized carbons (Fsp3) is 0.188. The molecule has 0 unspecified atom stereocenters. The van der Waals surface area contributed by atoms with Crippen molar-refractivity contribution < 1.29 is 9.53 Å². The third kappa shape index (κ3) is 4.22. The highest BCUT2D eigenvalue weighted by Crippen LogP contribution is 2.42. The molecule has 0 spiro atoms. The molecule has 0 bridgehead atoms. The van der Waals surface area contributed by atoms with Gasteiger partial charge in [0.15, 0.2) is 12.4 Å². The van der Waals surface area contributed by atoms with Crippen LogP contribution in [-0.4, -0.2) is 12.5 Å². The maximum Gasteiger partial charge on any atom is 0.262 e. The van der Waals surface area contributed by atoms with E-state index in [0.29, 0.717) is 31.9 Å². The number of carbonyl (C=O) groups is 1. The molecular weight excluding hydrogens is 415 g/mol. The summed E-state index contributed by atoms with van der Waals surface area (Å²) in [4.78, 5) is 12.0. The minimum atomic E-state index is -0.420. The van der Waals surface area contributed by atoms with Crippen LogP contribution in [0.2, 0.25) is 25.1 Å². The quantitative estimate of drug-likeness (QED) is 0.598. The highest BCUT2D eigenvalue weighted by molar-refractivity contribution is 6.42. The molecule has 0 aliphatic carbocycles. The van der Waals surface area contributed by atoms with Gasteiger partial charge >= 0.3 is 0 Å². The number of anilines is 1. The van der Waals surface area contributed by atoms with Crippen molar-refractivity contribution in [1.29, 1.82) is 0 Å². The van der Waals surface area contributed by atoms with Crippen LogP contribution in [0.4, 0.5) is 5.69 Å². The molecule has 128 valence electrons. The molecular formula is C16H12Cl5NO2. The first-order valence-corrected chi connectivity index (χ1v) is 8.62. The van der Waals surface area contributed by atoms with Crippen LogP contribution in [0, 0.1) is 13.8 Å². The summed E-state index contributed by atoms with van der Waals surface area (Å²) < 4.78 is 5.48. The predicted octanol–water partition coefficient (Wildman–Crippen LogP) is 6.59. The van der Waals surface area contributed by atoms with Gasteiger partial charge < -0.3 is 10.1 Å². The molecule has 2 aromatic rings. The highest BCUT2D eigenvalue weighted by Gasteiger charge is 2.19. The fourth-order valence-corrected chi connectivity index (χ4v) is 3.23. The number of hydrogen-bond acceptors (Lipinski definition) is 2. The van der Waals surface area contributed by atoms with Crippen molar-refractivity contribution in [3.8, 4) is 5.75 Å². The van der Waals surface area contributed by atoms with E-state index >= 15 is 0 Å². The van der Waals surface area contributed by atoms with Crippen molar-refractivity contribution >= 4 is 69.6 Å². The summed E-state index contributed by atoms with van der Waals surface area (Å²) in [5.74, 6) is -0.202. The van der Waals surface area contributed by atoms with Crippen molar-refractivity contribution in [2.75, 3.05) is 11.9 Å². The van der Waals surface area contributed by atoms with Crippen LogP contribution in [0.1, 0.15) is 11.1 Å². The molecule has 0 heterocycles. The Hall–Kier alpha value is -0.840. The second-order valence-electron chi connectivity index (χ2n) is 4.98. The van der Waals surface area contributed by atoms with Gasteiger partial charge in [-0.3, -0.25) is 4.79 Å². The summed E-state index contributed by atoms with van der Waals surface area (Å²) in [5, 5.41) is 4.43. The molecule has 8 heteroatoms. The van der Waals surface area contributed by atoms with E-state index in [4.69, 9.17) is 62.7 Å². The van der Waals surface area contributed by atoms with E-state index in [1.807, 2.05) is 0 Å². The Morgan fingerprint density at radius 2 is 1.58 bits per heavy atom. The van der Waals surface area contributed by atoms with E-state index in [2.05, 4.69) is 5.32 Å². The molecule has 24 heavy (non-hydrogen) atoms. The number of nitrogens with one attached hydrogen (secondary N) is 1. The topological polar surface area (TPSA) is 38.3 Å². The number of ether oxygens (including phenoxy) is 1. The average molecular weight is 428 g/mol. The molecule has 2 aromatic carbocycles. The Kier molecular flexibility index (Phi) is 6.52. The first-order valence-electron chi connectivity index (χ1n) is 6.73. The number of carbonyl (C=O) groups excluding carboxylic acids is 1. The van der Waals surface area contributed by atoms with Crippen LogP contribution in [0.5, 0.6) is 5.75 Å². The Labute approximate surface area is 164 Å². The van der Waals surface area contributed by atoms with Crippen molar-refractivity contribution in [2.24, 2.45) is 0 Å².